The molecule has 2 heterocycles. The Morgan fingerprint density at radius 2 is 1.43 bits per heavy atom. The number of aromatic nitrogens is 1. The number of carbonyl (C=O) groups is 2. The van der Waals surface area contributed by atoms with Crippen LogP contribution >= 0.6 is 11.3 Å². The van der Waals surface area contributed by atoms with E-state index in [-0.39, 0.29) is 28.1 Å². The minimum absolute atomic E-state index is 0.0923. The van der Waals surface area contributed by atoms with Crippen LogP contribution in [-0.2, 0) is 12.0 Å². The molecule has 0 saturated carbocycles. The lowest BCUT2D eigenvalue weighted by Crippen LogP contribution is -2.32. The van der Waals surface area contributed by atoms with Crippen molar-refractivity contribution in [2.45, 2.75) is 39.7 Å². The second kappa shape index (κ2) is 9.72. The maximum absolute atomic E-state index is 13.5. The SMILES string of the molecule is CCN1/C(=C/C=c2/sc(=C3C(=O)c4ccccc4C3=O)n(CC)c2=O)C(C)(C)c2cc(-c3ccccc3)ccc21. The Morgan fingerprint density at radius 3 is 2.05 bits per heavy atom. The van der Waals surface area contributed by atoms with E-state index >= 15 is 0 Å². The average Bonchev–Trinajstić information content (AvgIpc) is 3.50. The summed E-state index contributed by atoms with van der Waals surface area (Å²) in [5.41, 5.74) is 6.27. The number of Topliss-reactive ketones (excluding diaryl/α,β-unsaturated/α-hetero) is 2. The number of fused-ring (bicyclic) bond motifs is 2. The molecular formula is C34H30N2O3S. The van der Waals surface area contributed by atoms with Crippen molar-refractivity contribution < 1.29 is 9.59 Å². The topological polar surface area (TPSA) is 59.4 Å². The summed E-state index contributed by atoms with van der Waals surface area (Å²) >= 11 is 1.22. The molecule has 2 aliphatic rings. The summed E-state index contributed by atoms with van der Waals surface area (Å²) in [7, 11) is 0. The summed E-state index contributed by atoms with van der Waals surface area (Å²) < 4.78 is 2.47. The van der Waals surface area contributed by atoms with Crippen LogP contribution < -0.4 is 19.7 Å². The zero-order valence-corrected chi connectivity index (χ0v) is 23.8. The number of benzene rings is 3. The van der Waals surface area contributed by atoms with Gasteiger partial charge in [-0.25, -0.2) is 0 Å². The number of ketones is 2. The number of anilines is 1. The van der Waals surface area contributed by atoms with E-state index in [4.69, 9.17) is 0 Å². The van der Waals surface area contributed by atoms with Gasteiger partial charge in [-0.2, -0.15) is 0 Å². The third-order valence-corrected chi connectivity index (χ3v) is 9.16. The highest BCUT2D eigenvalue weighted by Gasteiger charge is 2.39. The molecule has 0 unspecified atom stereocenters. The highest BCUT2D eigenvalue weighted by molar-refractivity contribution is 7.08. The molecule has 6 heteroatoms. The number of rotatable bonds is 4. The fraction of sp³-hybridized carbons (Fsp3) is 0.206. The fourth-order valence-corrected chi connectivity index (χ4v) is 7.08. The molecule has 200 valence electrons. The van der Waals surface area contributed by atoms with Crippen LogP contribution in [0.1, 0.15) is 54.0 Å². The quantitative estimate of drug-likeness (QED) is 0.348. The first kappa shape index (κ1) is 26.0. The minimum atomic E-state index is -0.312. The molecule has 40 heavy (non-hydrogen) atoms. The highest BCUT2D eigenvalue weighted by atomic mass is 32.1. The van der Waals surface area contributed by atoms with Gasteiger partial charge in [-0.05, 0) is 54.8 Å². The highest BCUT2D eigenvalue weighted by Crippen LogP contribution is 2.48. The third kappa shape index (κ3) is 3.86. The standard InChI is InChI=1S/C34H30N2O3S/c1-5-35-26-17-16-22(21-12-8-7-9-13-21)20-25(26)34(3,4)28(35)19-18-27-32(39)36(6-2)33(40-27)29-30(37)23-14-10-11-15-24(23)31(29)38/h7-20H,5-6H2,1-4H3/b27-18+,28-19+. The Kier molecular flexibility index (Phi) is 6.31. The number of carbonyl (C=O) groups excluding carboxylic acids is 2. The predicted molar refractivity (Wildman–Crippen MR) is 162 cm³/mol. The van der Waals surface area contributed by atoms with Crippen LogP contribution in [0.2, 0.25) is 0 Å². The molecule has 0 bridgehead atoms. The molecule has 4 aromatic rings. The van der Waals surface area contributed by atoms with Gasteiger partial charge in [0.2, 0.25) is 11.6 Å². The maximum Gasteiger partial charge on any atom is 0.269 e. The summed E-state index contributed by atoms with van der Waals surface area (Å²) in [6.07, 6.45) is 3.88. The van der Waals surface area contributed by atoms with E-state index in [1.807, 2.05) is 37.3 Å². The fourth-order valence-electron chi connectivity index (χ4n) is 5.93. The Morgan fingerprint density at radius 1 is 0.775 bits per heavy atom. The van der Waals surface area contributed by atoms with Crippen molar-refractivity contribution in [3.63, 3.8) is 0 Å². The van der Waals surface area contributed by atoms with Crippen molar-refractivity contribution in [3.8, 4) is 11.1 Å². The normalized spacial score (nSPS) is 17.2. The summed E-state index contributed by atoms with van der Waals surface area (Å²) in [5, 5.41) is 0. The molecule has 0 radical (unpaired) electrons. The lowest BCUT2D eigenvalue weighted by atomic mass is 9.82. The summed E-state index contributed by atoms with van der Waals surface area (Å²) in [4.78, 5) is 42.1. The largest absolute Gasteiger partial charge is 0.344 e. The van der Waals surface area contributed by atoms with Gasteiger partial charge in [-0.1, -0.05) is 74.5 Å². The van der Waals surface area contributed by atoms with Gasteiger partial charge < -0.3 is 4.90 Å². The summed E-state index contributed by atoms with van der Waals surface area (Å²) in [5.74, 6) is -0.625. The van der Waals surface area contributed by atoms with Crippen molar-refractivity contribution in [3.05, 3.63) is 121 Å². The van der Waals surface area contributed by atoms with E-state index < -0.39 is 0 Å². The van der Waals surface area contributed by atoms with Crippen molar-refractivity contribution in [2.75, 3.05) is 11.4 Å². The van der Waals surface area contributed by atoms with E-state index in [1.165, 1.54) is 33.7 Å². The van der Waals surface area contributed by atoms with Gasteiger partial charge in [-0.3, -0.25) is 19.0 Å². The number of allylic oxidation sites excluding steroid dienone is 2. The molecule has 1 aromatic heterocycles. The molecule has 0 spiro atoms. The van der Waals surface area contributed by atoms with Gasteiger partial charge in [0.05, 0.1) is 4.53 Å². The van der Waals surface area contributed by atoms with E-state index in [9.17, 15) is 14.4 Å². The van der Waals surface area contributed by atoms with E-state index in [2.05, 4.69) is 56.0 Å². The van der Waals surface area contributed by atoms with Gasteiger partial charge >= 0.3 is 0 Å². The minimum Gasteiger partial charge on any atom is -0.344 e. The predicted octanol–water partition coefficient (Wildman–Crippen LogP) is 5.31. The maximum atomic E-state index is 13.5. The first-order chi connectivity index (χ1) is 19.3. The van der Waals surface area contributed by atoms with Crippen LogP contribution in [0.15, 0.2) is 89.4 Å². The second-order valence-electron chi connectivity index (χ2n) is 10.6. The number of likely N-dealkylation sites (N-methyl/N-ethyl adjacent to an activating group) is 1. The van der Waals surface area contributed by atoms with Gasteiger partial charge in [0.1, 0.15) is 10.2 Å². The lowest BCUT2D eigenvalue weighted by Gasteiger charge is -2.25. The molecule has 1 aliphatic carbocycles. The zero-order chi connectivity index (χ0) is 28.2. The van der Waals surface area contributed by atoms with Crippen LogP contribution in [0, 0.1) is 0 Å². The van der Waals surface area contributed by atoms with Gasteiger partial charge in [0.25, 0.3) is 5.56 Å². The van der Waals surface area contributed by atoms with Crippen LogP contribution in [-0.4, -0.2) is 22.7 Å². The first-order valence-corrected chi connectivity index (χ1v) is 14.4. The van der Waals surface area contributed by atoms with E-state index in [1.54, 1.807) is 28.8 Å². The van der Waals surface area contributed by atoms with Crippen molar-refractivity contribution in [1.29, 1.82) is 0 Å². The number of nitrogens with zero attached hydrogens (tertiary/aromatic N) is 2. The number of thiazole rings is 1. The number of hydrogen-bond donors (Lipinski definition) is 0. The van der Waals surface area contributed by atoms with Crippen molar-refractivity contribution in [2.24, 2.45) is 0 Å². The molecule has 0 N–H and O–H groups in total. The Labute approximate surface area is 237 Å². The smallest absolute Gasteiger partial charge is 0.269 e. The monoisotopic (exact) mass is 546 g/mol. The Balaban J connectivity index is 1.49. The van der Waals surface area contributed by atoms with Crippen molar-refractivity contribution >= 4 is 40.2 Å². The average molecular weight is 547 g/mol. The summed E-state index contributed by atoms with van der Waals surface area (Å²) in [6.45, 7) is 9.57. The third-order valence-electron chi connectivity index (χ3n) is 8.02. The molecular weight excluding hydrogens is 516 g/mol. The van der Waals surface area contributed by atoms with Gasteiger partial charge in [0.15, 0.2) is 0 Å². The van der Waals surface area contributed by atoms with Gasteiger partial charge in [-0.15, -0.1) is 11.3 Å². The van der Waals surface area contributed by atoms with Crippen LogP contribution in [0.5, 0.6) is 0 Å². The molecule has 1 aliphatic heterocycles. The molecule has 6 rings (SSSR count). The summed E-state index contributed by atoms with van der Waals surface area (Å²) in [6, 6.07) is 23.8. The first-order valence-electron chi connectivity index (χ1n) is 13.6. The second-order valence-corrected chi connectivity index (χ2v) is 11.6. The molecule has 5 nitrogen and oxygen atoms in total. The van der Waals surface area contributed by atoms with E-state index in [0.717, 1.165) is 12.2 Å². The molecule has 3 aromatic carbocycles. The van der Waals surface area contributed by atoms with Crippen LogP contribution in [0.3, 0.4) is 0 Å². The van der Waals surface area contributed by atoms with Crippen LogP contribution in [0.25, 0.3) is 22.8 Å². The molecule has 0 atom stereocenters. The Bertz CT molecular complexity index is 1870. The van der Waals surface area contributed by atoms with Crippen molar-refractivity contribution in [1.82, 2.24) is 4.57 Å². The van der Waals surface area contributed by atoms with E-state index in [0.29, 0.717) is 26.9 Å². The lowest BCUT2D eigenvalue weighted by molar-refractivity contribution is 0.102. The zero-order valence-electron chi connectivity index (χ0n) is 23.0. The molecule has 0 saturated heterocycles. The molecule has 0 amide bonds. The Hall–Kier alpha value is -4.29. The molecule has 0 fully saturated rings. The van der Waals surface area contributed by atoms with Gasteiger partial charge in [0, 0.05) is 41.0 Å². The number of hydrogen-bond acceptors (Lipinski definition) is 5. The van der Waals surface area contributed by atoms with Crippen LogP contribution in [0.4, 0.5) is 5.69 Å².